The number of hydrogen-bond acceptors (Lipinski definition) is 5. The average molecular weight is 328 g/mol. The molecule has 0 radical (unpaired) electrons. The summed E-state index contributed by atoms with van der Waals surface area (Å²) in [5.41, 5.74) is 4.00. The van der Waals surface area contributed by atoms with Crippen LogP contribution in [0, 0.1) is 6.92 Å². The Morgan fingerprint density at radius 1 is 1.17 bits per heavy atom. The molecular weight excluding hydrogens is 304 g/mol. The van der Waals surface area contributed by atoms with Crippen molar-refractivity contribution < 1.29 is 9.52 Å². The SMILES string of the molecule is Cc1cc2oc(=O)c3c(c2c(O)c1CN1CCN(C)CC1)CCC3. The van der Waals surface area contributed by atoms with Crippen LogP contribution >= 0.6 is 0 Å². The molecule has 0 spiro atoms. The first-order valence-corrected chi connectivity index (χ1v) is 8.75. The number of phenolic OH excluding ortho intramolecular Hbond substituents is 1. The van der Waals surface area contributed by atoms with E-state index in [1.807, 2.05) is 13.0 Å². The number of aryl methyl sites for hydroxylation is 2. The summed E-state index contributed by atoms with van der Waals surface area (Å²) >= 11 is 0. The molecule has 1 aromatic heterocycles. The summed E-state index contributed by atoms with van der Waals surface area (Å²) in [4.78, 5) is 16.8. The molecule has 2 aromatic rings. The van der Waals surface area contributed by atoms with Gasteiger partial charge in [-0.1, -0.05) is 0 Å². The predicted molar refractivity (Wildman–Crippen MR) is 93.7 cm³/mol. The summed E-state index contributed by atoms with van der Waals surface area (Å²) < 4.78 is 5.49. The second kappa shape index (κ2) is 5.90. The van der Waals surface area contributed by atoms with Gasteiger partial charge in [-0.3, -0.25) is 4.90 Å². The predicted octanol–water partition coefficient (Wildman–Crippen LogP) is 2.04. The van der Waals surface area contributed by atoms with Crippen LogP contribution in [0.3, 0.4) is 0 Å². The third kappa shape index (κ3) is 2.52. The lowest BCUT2D eigenvalue weighted by molar-refractivity contribution is 0.147. The Hall–Kier alpha value is -1.85. The molecule has 0 bridgehead atoms. The smallest absolute Gasteiger partial charge is 0.339 e. The van der Waals surface area contributed by atoms with Gasteiger partial charge >= 0.3 is 5.63 Å². The monoisotopic (exact) mass is 328 g/mol. The molecule has 1 aromatic carbocycles. The molecule has 1 N–H and O–H groups in total. The van der Waals surface area contributed by atoms with Crippen molar-refractivity contribution in [3.8, 4) is 5.75 Å². The van der Waals surface area contributed by atoms with E-state index in [0.717, 1.165) is 79.6 Å². The number of aromatic hydroxyl groups is 1. The van der Waals surface area contributed by atoms with Gasteiger partial charge in [0, 0.05) is 43.9 Å². The molecule has 2 heterocycles. The van der Waals surface area contributed by atoms with E-state index in [-0.39, 0.29) is 5.63 Å². The third-order valence-corrected chi connectivity index (χ3v) is 5.54. The van der Waals surface area contributed by atoms with Crippen LogP contribution in [0.15, 0.2) is 15.3 Å². The molecule has 0 amide bonds. The second-order valence-electron chi connectivity index (χ2n) is 7.17. The average Bonchev–Trinajstić information content (AvgIpc) is 3.03. The Kier molecular flexibility index (Phi) is 3.85. The van der Waals surface area contributed by atoms with Gasteiger partial charge in [-0.25, -0.2) is 4.79 Å². The topological polar surface area (TPSA) is 56.9 Å². The van der Waals surface area contributed by atoms with Crippen LogP contribution in [-0.4, -0.2) is 48.1 Å². The van der Waals surface area contributed by atoms with Crippen LogP contribution in [0.1, 0.15) is 28.7 Å². The quantitative estimate of drug-likeness (QED) is 0.855. The molecule has 5 nitrogen and oxygen atoms in total. The van der Waals surface area contributed by atoms with Gasteiger partial charge < -0.3 is 14.4 Å². The lowest BCUT2D eigenvalue weighted by Crippen LogP contribution is -2.44. The Morgan fingerprint density at radius 2 is 1.88 bits per heavy atom. The number of phenols is 1. The van der Waals surface area contributed by atoms with Gasteiger partial charge in [0.15, 0.2) is 0 Å². The Morgan fingerprint density at radius 3 is 2.62 bits per heavy atom. The first-order valence-electron chi connectivity index (χ1n) is 8.75. The van der Waals surface area contributed by atoms with Gasteiger partial charge in [-0.05, 0) is 50.4 Å². The first kappa shape index (κ1) is 15.7. The molecule has 1 aliphatic heterocycles. The summed E-state index contributed by atoms with van der Waals surface area (Å²) in [5.74, 6) is 0.311. The minimum absolute atomic E-state index is 0.236. The molecule has 4 rings (SSSR count). The normalized spacial score (nSPS) is 19.1. The number of hydrogen-bond donors (Lipinski definition) is 1. The lowest BCUT2D eigenvalue weighted by atomic mass is 9.98. The highest BCUT2D eigenvalue weighted by Gasteiger charge is 2.25. The van der Waals surface area contributed by atoms with E-state index in [0.29, 0.717) is 11.3 Å². The Balaban J connectivity index is 1.79. The van der Waals surface area contributed by atoms with E-state index < -0.39 is 0 Å². The van der Waals surface area contributed by atoms with E-state index in [4.69, 9.17) is 4.42 Å². The molecule has 1 saturated heterocycles. The summed E-state index contributed by atoms with van der Waals surface area (Å²) in [6.45, 7) is 6.85. The van der Waals surface area contributed by atoms with Crippen LogP contribution in [-0.2, 0) is 19.4 Å². The number of likely N-dealkylation sites (N-methyl/N-ethyl adjacent to an activating group) is 1. The van der Waals surface area contributed by atoms with Gasteiger partial charge in [-0.2, -0.15) is 0 Å². The first-order chi connectivity index (χ1) is 11.5. The Labute approximate surface area is 141 Å². The van der Waals surface area contributed by atoms with Gasteiger partial charge in [-0.15, -0.1) is 0 Å². The van der Waals surface area contributed by atoms with Crippen LogP contribution in [0.2, 0.25) is 0 Å². The minimum Gasteiger partial charge on any atom is -0.507 e. The van der Waals surface area contributed by atoms with Crippen LogP contribution in [0.25, 0.3) is 11.0 Å². The number of benzene rings is 1. The van der Waals surface area contributed by atoms with E-state index in [9.17, 15) is 9.90 Å². The third-order valence-electron chi connectivity index (χ3n) is 5.54. The maximum atomic E-state index is 12.1. The van der Waals surface area contributed by atoms with Crippen LogP contribution in [0.5, 0.6) is 5.75 Å². The molecule has 1 aliphatic carbocycles. The Bertz CT molecular complexity index is 848. The summed E-state index contributed by atoms with van der Waals surface area (Å²) in [7, 11) is 2.14. The van der Waals surface area contributed by atoms with Crippen molar-refractivity contribution in [2.24, 2.45) is 0 Å². The van der Waals surface area contributed by atoms with E-state index in [1.54, 1.807) is 0 Å². The largest absolute Gasteiger partial charge is 0.507 e. The zero-order valence-electron chi connectivity index (χ0n) is 14.4. The second-order valence-corrected chi connectivity index (χ2v) is 7.17. The number of nitrogens with zero attached hydrogens (tertiary/aromatic N) is 2. The van der Waals surface area contributed by atoms with E-state index in [1.165, 1.54) is 0 Å². The fraction of sp³-hybridized carbons (Fsp3) is 0.526. The molecule has 0 unspecified atom stereocenters. The van der Waals surface area contributed by atoms with Gasteiger partial charge in [0.25, 0.3) is 0 Å². The van der Waals surface area contributed by atoms with Crippen molar-refractivity contribution in [3.05, 3.63) is 38.7 Å². The summed E-state index contributed by atoms with van der Waals surface area (Å²) in [5, 5.41) is 11.7. The highest BCUT2D eigenvalue weighted by atomic mass is 16.4. The van der Waals surface area contributed by atoms with Crippen molar-refractivity contribution in [2.75, 3.05) is 33.2 Å². The molecular formula is C19H24N2O3. The summed E-state index contributed by atoms with van der Waals surface area (Å²) in [6.07, 6.45) is 2.57. The van der Waals surface area contributed by atoms with E-state index >= 15 is 0 Å². The van der Waals surface area contributed by atoms with Gasteiger partial charge in [0.2, 0.25) is 0 Å². The highest BCUT2D eigenvalue weighted by molar-refractivity contribution is 5.90. The minimum atomic E-state index is -0.236. The van der Waals surface area contributed by atoms with Crippen LogP contribution < -0.4 is 5.63 Å². The van der Waals surface area contributed by atoms with Crippen molar-refractivity contribution in [1.82, 2.24) is 9.80 Å². The number of piperazine rings is 1. The zero-order valence-corrected chi connectivity index (χ0v) is 14.4. The molecule has 5 heteroatoms. The fourth-order valence-electron chi connectivity index (χ4n) is 4.02. The molecule has 2 aliphatic rings. The number of rotatable bonds is 2. The summed E-state index contributed by atoms with van der Waals surface area (Å²) in [6, 6.07) is 1.92. The van der Waals surface area contributed by atoms with Crippen molar-refractivity contribution in [2.45, 2.75) is 32.7 Å². The van der Waals surface area contributed by atoms with Crippen LogP contribution in [0.4, 0.5) is 0 Å². The standard InChI is InChI=1S/C19H24N2O3/c1-12-10-16-17(13-4-3-5-14(13)19(23)24-16)18(22)15(12)11-21-8-6-20(2)7-9-21/h10,22H,3-9,11H2,1-2H3. The molecule has 0 atom stereocenters. The molecule has 24 heavy (non-hydrogen) atoms. The van der Waals surface area contributed by atoms with E-state index in [2.05, 4.69) is 16.8 Å². The van der Waals surface area contributed by atoms with Crippen molar-refractivity contribution in [3.63, 3.8) is 0 Å². The lowest BCUT2D eigenvalue weighted by Gasteiger charge is -2.32. The van der Waals surface area contributed by atoms with Crippen molar-refractivity contribution in [1.29, 1.82) is 0 Å². The van der Waals surface area contributed by atoms with Gasteiger partial charge in [0.1, 0.15) is 11.3 Å². The van der Waals surface area contributed by atoms with Gasteiger partial charge in [0.05, 0.1) is 5.39 Å². The number of fused-ring (bicyclic) bond motifs is 3. The maximum Gasteiger partial charge on any atom is 0.339 e. The molecule has 128 valence electrons. The molecule has 0 saturated carbocycles. The van der Waals surface area contributed by atoms with Crippen molar-refractivity contribution >= 4 is 11.0 Å². The highest BCUT2D eigenvalue weighted by Crippen LogP contribution is 2.37. The molecule has 1 fully saturated rings. The fourth-order valence-corrected chi connectivity index (χ4v) is 4.02. The zero-order chi connectivity index (χ0) is 16.8. The maximum absolute atomic E-state index is 12.1.